The van der Waals surface area contributed by atoms with Gasteiger partial charge in [0.2, 0.25) is 5.91 Å². The summed E-state index contributed by atoms with van der Waals surface area (Å²) in [5.74, 6) is 0.122. The minimum Gasteiger partial charge on any atom is -0.354 e. The molecule has 0 aliphatic heterocycles. The average Bonchev–Trinajstić information content (AvgIpc) is 2.36. The minimum absolute atomic E-state index is 0. The van der Waals surface area contributed by atoms with Gasteiger partial charge in [-0.05, 0) is 12.8 Å². The number of carbonyl (C=O) groups excluding carboxylic acids is 1. The SMILES string of the molecule is CC.CC(=O)NC1CCCCCC1.[HH]. The Kier molecular flexibility index (Phi) is 7.76. The van der Waals surface area contributed by atoms with Crippen LogP contribution in [0.2, 0.25) is 0 Å². The molecule has 0 radical (unpaired) electrons. The smallest absolute Gasteiger partial charge is 0.217 e. The lowest BCUT2D eigenvalue weighted by molar-refractivity contribution is -0.119. The van der Waals surface area contributed by atoms with Crippen molar-refractivity contribution < 1.29 is 6.22 Å². The van der Waals surface area contributed by atoms with Gasteiger partial charge in [0, 0.05) is 14.4 Å². The molecule has 0 aromatic carbocycles. The fourth-order valence-electron chi connectivity index (χ4n) is 1.71. The second-order valence-corrected chi connectivity index (χ2v) is 3.39. The van der Waals surface area contributed by atoms with Crippen molar-refractivity contribution in [3.8, 4) is 0 Å². The lowest BCUT2D eigenvalue weighted by atomic mass is 10.1. The molecule has 2 heteroatoms. The standard InChI is InChI=1S/C9H17NO.C2H6.H2/c1-8(11)10-9-6-4-2-3-5-7-9;1-2;/h9H,2-7H2,1H3,(H,10,11);1-2H3;1H. The molecule has 1 fully saturated rings. The monoisotopic (exact) mass is 187 g/mol. The Bertz CT molecular complexity index is 131. The van der Waals surface area contributed by atoms with Gasteiger partial charge in [0.25, 0.3) is 0 Å². The van der Waals surface area contributed by atoms with Crippen molar-refractivity contribution in [2.45, 2.75) is 65.3 Å². The van der Waals surface area contributed by atoms with Crippen molar-refractivity contribution in [2.24, 2.45) is 0 Å². The Hall–Kier alpha value is -0.530. The third-order valence-electron chi connectivity index (χ3n) is 2.26. The van der Waals surface area contributed by atoms with Crippen LogP contribution < -0.4 is 5.32 Å². The zero-order valence-corrected chi connectivity index (χ0v) is 9.23. The number of hydrogen-bond acceptors (Lipinski definition) is 1. The molecule has 1 aliphatic rings. The Morgan fingerprint density at radius 2 is 1.62 bits per heavy atom. The normalized spacial score (nSPS) is 18.1. The fourth-order valence-corrected chi connectivity index (χ4v) is 1.71. The molecule has 0 atom stereocenters. The third kappa shape index (κ3) is 6.62. The van der Waals surface area contributed by atoms with E-state index in [9.17, 15) is 4.79 Å². The highest BCUT2D eigenvalue weighted by Gasteiger charge is 2.11. The minimum atomic E-state index is 0. The van der Waals surface area contributed by atoms with Gasteiger partial charge in [-0.2, -0.15) is 0 Å². The number of nitrogens with one attached hydrogen (secondary N) is 1. The van der Waals surface area contributed by atoms with Crippen LogP contribution >= 0.6 is 0 Å². The van der Waals surface area contributed by atoms with Crippen LogP contribution in [0.25, 0.3) is 0 Å². The first-order chi connectivity index (χ1) is 6.29. The summed E-state index contributed by atoms with van der Waals surface area (Å²) >= 11 is 0. The summed E-state index contributed by atoms with van der Waals surface area (Å²) in [4.78, 5) is 10.7. The van der Waals surface area contributed by atoms with Gasteiger partial charge >= 0.3 is 0 Å². The largest absolute Gasteiger partial charge is 0.354 e. The van der Waals surface area contributed by atoms with Crippen molar-refractivity contribution in [1.29, 1.82) is 0 Å². The van der Waals surface area contributed by atoms with Crippen LogP contribution in [0.15, 0.2) is 0 Å². The number of amides is 1. The highest BCUT2D eigenvalue weighted by Crippen LogP contribution is 2.16. The summed E-state index contributed by atoms with van der Waals surface area (Å²) in [5, 5.41) is 2.98. The van der Waals surface area contributed by atoms with E-state index in [0.29, 0.717) is 6.04 Å². The first-order valence-corrected chi connectivity index (χ1v) is 5.56. The number of hydrogen-bond donors (Lipinski definition) is 1. The van der Waals surface area contributed by atoms with Crippen molar-refractivity contribution in [1.82, 2.24) is 5.32 Å². The third-order valence-corrected chi connectivity index (χ3v) is 2.26. The van der Waals surface area contributed by atoms with Gasteiger partial charge in [0.15, 0.2) is 0 Å². The number of carbonyl (C=O) groups is 1. The molecule has 80 valence electrons. The zero-order valence-electron chi connectivity index (χ0n) is 9.23. The molecule has 1 aliphatic carbocycles. The fraction of sp³-hybridized carbons (Fsp3) is 0.909. The van der Waals surface area contributed by atoms with E-state index in [-0.39, 0.29) is 7.33 Å². The molecule has 0 aromatic rings. The Morgan fingerprint density at radius 1 is 1.15 bits per heavy atom. The zero-order chi connectivity index (χ0) is 10.1. The van der Waals surface area contributed by atoms with Crippen LogP contribution in [-0.4, -0.2) is 11.9 Å². The second-order valence-electron chi connectivity index (χ2n) is 3.39. The molecule has 1 saturated carbocycles. The Morgan fingerprint density at radius 3 is 2.00 bits per heavy atom. The van der Waals surface area contributed by atoms with Crippen LogP contribution in [0.4, 0.5) is 0 Å². The molecule has 0 bridgehead atoms. The van der Waals surface area contributed by atoms with Gasteiger partial charge in [-0.25, -0.2) is 0 Å². The molecule has 0 aromatic heterocycles. The van der Waals surface area contributed by atoms with Gasteiger partial charge in [0.05, 0.1) is 0 Å². The maximum atomic E-state index is 10.7. The highest BCUT2D eigenvalue weighted by molar-refractivity contribution is 5.73. The van der Waals surface area contributed by atoms with Gasteiger partial charge < -0.3 is 5.32 Å². The van der Waals surface area contributed by atoms with Crippen molar-refractivity contribution in [2.75, 3.05) is 0 Å². The van der Waals surface area contributed by atoms with Crippen LogP contribution in [0.3, 0.4) is 0 Å². The topological polar surface area (TPSA) is 29.1 Å². The van der Waals surface area contributed by atoms with E-state index in [1.165, 1.54) is 38.5 Å². The van der Waals surface area contributed by atoms with Crippen LogP contribution in [-0.2, 0) is 4.79 Å². The Balaban J connectivity index is 0. The van der Waals surface area contributed by atoms with Crippen LogP contribution in [0, 0.1) is 0 Å². The van der Waals surface area contributed by atoms with E-state index in [2.05, 4.69) is 5.32 Å². The summed E-state index contributed by atoms with van der Waals surface area (Å²) in [7, 11) is 0. The molecule has 13 heavy (non-hydrogen) atoms. The number of rotatable bonds is 1. The van der Waals surface area contributed by atoms with E-state index in [4.69, 9.17) is 0 Å². The molecule has 0 unspecified atom stereocenters. The van der Waals surface area contributed by atoms with Gasteiger partial charge in [-0.1, -0.05) is 39.5 Å². The average molecular weight is 187 g/mol. The summed E-state index contributed by atoms with van der Waals surface area (Å²) in [6.45, 7) is 5.60. The molecule has 1 amide bonds. The molecule has 1 N–H and O–H groups in total. The summed E-state index contributed by atoms with van der Waals surface area (Å²) in [6.07, 6.45) is 7.61. The van der Waals surface area contributed by atoms with Gasteiger partial charge in [0.1, 0.15) is 0 Å². The predicted molar refractivity (Wildman–Crippen MR) is 58.8 cm³/mol. The van der Waals surface area contributed by atoms with Crippen molar-refractivity contribution >= 4 is 5.91 Å². The molecule has 0 saturated heterocycles. The highest BCUT2D eigenvalue weighted by atomic mass is 16.1. The van der Waals surface area contributed by atoms with Gasteiger partial charge in [-0.15, -0.1) is 0 Å². The van der Waals surface area contributed by atoms with E-state index in [0.717, 1.165) is 0 Å². The molecule has 0 heterocycles. The van der Waals surface area contributed by atoms with Crippen LogP contribution in [0.5, 0.6) is 0 Å². The predicted octanol–water partition coefficient (Wildman–Crippen LogP) is 3.12. The summed E-state index contributed by atoms with van der Waals surface area (Å²) < 4.78 is 0. The van der Waals surface area contributed by atoms with Crippen molar-refractivity contribution in [3.05, 3.63) is 0 Å². The van der Waals surface area contributed by atoms with E-state index in [1.807, 2.05) is 13.8 Å². The molecule has 2 nitrogen and oxygen atoms in total. The van der Waals surface area contributed by atoms with E-state index in [1.54, 1.807) is 6.92 Å². The lowest BCUT2D eigenvalue weighted by Gasteiger charge is -2.13. The first-order valence-electron chi connectivity index (χ1n) is 5.56. The maximum Gasteiger partial charge on any atom is 0.217 e. The lowest BCUT2D eigenvalue weighted by Crippen LogP contribution is -2.32. The molecule has 1 rings (SSSR count). The first kappa shape index (κ1) is 12.5. The second kappa shape index (κ2) is 8.09. The quantitative estimate of drug-likeness (QED) is 0.628. The molecular weight excluding hydrogens is 162 g/mol. The van der Waals surface area contributed by atoms with E-state index < -0.39 is 0 Å². The van der Waals surface area contributed by atoms with E-state index >= 15 is 0 Å². The maximum absolute atomic E-state index is 10.7. The Labute approximate surface area is 83.6 Å². The van der Waals surface area contributed by atoms with Crippen LogP contribution in [0.1, 0.15) is 60.7 Å². The molecule has 0 spiro atoms. The summed E-state index contributed by atoms with van der Waals surface area (Å²) in [5.41, 5.74) is 0. The molecular formula is C11H25NO. The van der Waals surface area contributed by atoms with Crippen molar-refractivity contribution in [3.63, 3.8) is 0 Å². The summed E-state index contributed by atoms with van der Waals surface area (Å²) in [6, 6.07) is 0.468. The van der Waals surface area contributed by atoms with Gasteiger partial charge in [-0.3, -0.25) is 4.79 Å².